The van der Waals surface area contributed by atoms with Gasteiger partial charge in [0.25, 0.3) is 5.91 Å². The third kappa shape index (κ3) is 4.87. The van der Waals surface area contributed by atoms with E-state index >= 15 is 0 Å². The number of aryl methyl sites for hydroxylation is 2. The van der Waals surface area contributed by atoms with Gasteiger partial charge in [-0.25, -0.2) is 8.42 Å². The molecule has 2 N–H and O–H groups in total. The Morgan fingerprint density at radius 3 is 2.53 bits per heavy atom. The molecular weight excluding hydrogens is 454 g/mol. The number of nitrogens with one attached hydrogen (secondary N) is 2. The summed E-state index contributed by atoms with van der Waals surface area (Å²) in [4.78, 5) is 24.3. The summed E-state index contributed by atoms with van der Waals surface area (Å²) in [5.74, 6) is -0.568. The molecule has 2 amide bonds. The van der Waals surface area contributed by atoms with Crippen molar-refractivity contribution in [1.29, 1.82) is 0 Å². The topological polar surface area (TPSA) is 113 Å². The molecule has 0 unspecified atom stereocenters. The lowest BCUT2D eigenvalue weighted by atomic mass is 10.1. The van der Waals surface area contributed by atoms with E-state index in [2.05, 4.69) is 15.7 Å². The van der Waals surface area contributed by atoms with Crippen LogP contribution in [0, 0.1) is 6.92 Å². The van der Waals surface area contributed by atoms with Crippen molar-refractivity contribution in [3.63, 3.8) is 0 Å². The molecule has 1 aliphatic heterocycles. The average molecular weight is 482 g/mol. The van der Waals surface area contributed by atoms with Crippen LogP contribution in [0.5, 0.6) is 0 Å². The van der Waals surface area contributed by atoms with Crippen molar-refractivity contribution in [2.45, 2.75) is 38.3 Å². The van der Waals surface area contributed by atoms with E-state index < -0.39 is 10.0 Å². The number of carbonyl (C=O) groups is 2. The van der Waals surface area contributed by atoms with Crippen LogP contribution in [-0.4, -0.2) is 40.9 Å². The molecule has 2 aromatic carbocycles. The van der Waals surface area contributed by atoms with Crippen LogP contribution < -0.4 is 10.6 Å². The SMILES string of the molecule is CC(=O)Nc1ccc(S(=O)(=O)N2CCc3c(c(C(=O)NCc4cccc(C)c4)nn3C)C2)cc1. The Hall–Kier alpha value is -3.50. The maximum Gasteiger partial charge on any atom is 0.272 e. The Morgan fingerprint density at radius 2 is 1.85 bits per heavy atom. The van der Waals surface area contributed by atoms with Crippen molar-refractivity contribution in [1.82, 2.24) is 19.4 Å². The smallest absolute Gasteiger partial charge is 0.272 e. The van der Waals surface area contributed by atoms with E-state index in [0.717, 1.165) is 16.8 Å². The van der Waals surface area contributed by atoms with E-state index in [9.17, 15) is 18.0 Å². The highest BCUT2D eigenvalue weighted by atomic mass is 32.2. The number of hydrogen-bond donors (Lipinski definition) is 2. The molecule has 3 aromatic rings. The number of nitrogens with zero attached hydrogens (tertiary/aromatic N) is 3. The van der Waals surface area contributed by atoms with E-state index in [4.69, 9.17) is 0 Å². The van der Waals surface area contributed by atoms with Gasteiger partial charge in [0.15, 0.2) is 5.69 Å². The Balaban J connectivity index is 1.53. The van der Waals surface area contributed by atoms with Crippen molar-refractivity contribution >= 4 is 27.5 Å². The molecule has 0 saturated carbocycles. The maximum atomic E-state index is 13.3. The fourth-order valence-electron chi connectivity index (χ4n) is 4.11. The largest absolute Gasteiger partial charge is 0.347 e. The summed E-state index contributed by atoms with van der Waals surface area (Å²) in [6, 6.07) is 13.9. The Labute approximate surface area is 198 Å². The van der Waals surface area contributed by atoms with Gasteiger partial charge < -0.3 is 10.6 Å². The van der Waals surface area contributed by atoms with E-state index in [-0.39, 0.29) is 35.5 Å². The summed E-state index contributed by atoms with van der Waals surface area (Å²) < 4.78 is 29.6. The van der Waals surface area contributed by atoms with Crippen LogP contribution in [0.4, 0.5) is 5.69 Å². The number of benzene rings is 2. The lowest BCUT2D eigenvalue weighted by Crippen LogP contribution is -2.37. The molecule has 178 valence electrons. The third-order valence-electron chi connectivity index (χ3n) is 5.77. The average Bonchev–Trinajstić information content (AvgIpc) is 3.13. The molecule has 0 bridgehead atoms. The highest BCUT2D eigenvalue weighted by Gasteiger charge is 2.33. The molecule has 0 radical (unpaired) electrons. The monoisotopic (exact) mass is 481 g/mol. The summed E-state index contributed by atoms with van der Waals surface area (Å²) in [6.45, 7) is 4.08. The zero-order valence-electron chi connectivity index (χ0n) is 19.3. The lowest BCUT2D eigenvalue weighted by Gasteiger charge is -2.27. The van der Waals surface area contributed by atoms with E-state index in [0.29, 0.717) is 24.2 Å². The van der Waals surface area contributed by atoms with E-state index in [1.807, 2.05) is 31.2 Å². The number of anilines is 1. The molecule has 0 atom stereocenters. The maximum absolute atomic E-state index is 13.3. The molecule has 2 heterocycles. The fourth-order valence-corrected chi connectivity index (χ4v) is 5.51. The number of amides is 2. The minimum Gasteiger partial charge on any atom is -0.347 e. The molecule has 0 spiro atoms. The van der Waals surface area contributed by atoms with Gasteiger partial charge in [-0.15, -0.1) is 0 Å². The van der Waals surface area contributed by atoms with Crippen molar-refractivity contribution in [2.24, 2.45) is 7.05 Å². The van der Waals surface area contributed by atoms with Gasteiger partial charge in [-0.1, -0.05) is 29.8 Å². The second-order valence-electron chi connectivity index (χ2n) is 8.36. The van der Waals surface area contributed by atoms with Gasteiger partial charge in [0.1, 0.15) is 0 Å². The molecule has 0 aliphatic carbocycles. The first kappa shape index (κ1) is 23.7. The third-order valence-corrected chi connectivity index (χ3v) is 7.63. The Morgan fingerprint density at radius 1 is 1.12 bits per heavy atom. The molecule has 1 aliphatic rings. The highest BCUT2D eigenvalue weighted by Crippen LogP contribution is 2.27. The summed E-state index contributed by atoms with van der Waals surface area (Å²) in [5, 5.41) is 9.91. The standard InChI is InChI=1S/C24H27N5O4S/c1-16-5-4-6-18(13-16)14-25-24(31)23-21-15-29(12-11-22(21)28(3)27-23)34(32,33)20-9-7-19(8-10-20)26-17(2)30/h4-10,13H,11-12,14-15H2,1-3H3,(H,25,31)(H,26,30). The number of aromatic nitrogens is 2. The van der Waals surface area contributed by atoms with Crippen LogP contribution in [0.2, 0.25) is 0 Å². The minimum atomic E-state index is -3.79. The number of rotatable bonds is 6. The molecule has 9 nitrogen and oxygen atoms in total. The van der Waals surface area contributed by atoms with Crippen LogP contribution in [-0.2, 0) is 41.4 Å². The first-order chi connectivity index (χ1) is 16.1. The molecule has 0 fully saturated rings. The molecule has 34 heavy (non-hydrogen) atoms. The predicted octanol–water partition coefficient (Wildman–Crippen LogP) is 2.36. The minimum absolute atomic E-state index is 0.0617. The normalized spacial score (nSPS) is 13.9. The van der Waals surface area contributed by atoms with Gasteiger partial charge in [-0.3, -0.25) is 14.3 Å². The molecule has 10 heteroatoms. The van der Waals surface area contributed by atoms with Gasteiger partial charge in [0, 0.05) is 57.0 Å². The van der Waals surface area contributed by atoms with Gasteiger partial charge in [-0.2, -0.15) is 9.40 Å². The second kappa shape index (κ2) is 9.40. The van der Waals surface area contributed by atoms with Crippen molar-refractivity contribution in [3.8, 4) is 0 Å². The fraction of sp³-hybridized carbons (Fsp3) is 0.292. The summed E-state index contributed by atoms with van der Waals surface area (Å²) >= 11 is 0. The van der Waals surface area contributed by atoms with Crippen molar-refractivity contribution < 1.29 is 18.0 Å². The number of fused-ring (bicyclic) bond motifs is 1. The number of hydrogen-bond acceptors (Lipinski definition) is 5. The van der Waals surface area contributed by atoms with Crippen molar-refractivity contribution in [3.05, 3.63) is 76.6 Å². The van der Waals surface area contributed by atoms with Crippen LogP contribution in [0.3, 0.4) is 0 Å². The molecule has 1 aromatic heterocycles. The summed E-state index contributed by atoms with van der Waals surface area (Å²) in [7, 11) is -2.03. The Kier molecular flexibility index (Phi) is 6.54. The van der Waals surface area contributed by atoms with Crippen molar-refractivity contribution in [2.75, 3.05) is 11.9 Å². The summed E-state index contributed by atoms with van der Waals surface area (Å²) in [6.07, 6.45) is 0.452. The zero-order chi connectivity index (χ0) is 24.5. The van der Waals surface area contributed by atoms with Gasteiger partial charge in [-0.05, 0) is 36.8 Å². The van der Waals surface area contributed by atoms with E-state index in [1.54, 1.807) is 23.9 Å². The molecular formula is C24H27N5O4S. The second-order valence-corrected chi connectivity index (χ2v) is 10.3. The predicted molar refractivity (Wildman–Crippen MR) is 128 cm³/mol. The number of sulfonamides is 1. The van der Waals surface area contributed by atoms with Gasteiger partial charge >= 0.3 is 0 Å². The highest BCUT2D eigenvalue weighted by molar-refractivity contribution is 7.89. The van der Waals surface area contributed by atoms with Crippen LogP contribution >= 0.6 is 0 Å². The molecule has 4 rings (SSSR count). The zero-order valence-corrected chi connectivity index (χ0v) is 20.1. The quantitative estimate of drug-likeness (QED) is 0.561. The Bertz CT molecular complexity index is 1350. The van der Waals surface area contributed by atoms with Crippen LogP contribution in [0.25, 0.3) is 0 Å². The van der Waals surface area contributed by atoms with Gasteiger partial charge in [0.05, 0.1) is 4.90 Å². The van der Waals surface area contributed by atoms with Crippen LogP contribution in [0.1, 0.15) is 39.8 Å². The lowest BCUT2D eigenvalue weighted by molar-refractivity contribution is -0.114. The summed E-state index contributed by atoms with van der Waals surface area (Å²) in [5.41, 5.74) is 4.32. The van der Waals surface area contributed by atoms with E-state index in [1.165, 1.54) is 23.4 Å². The number of carbonyl (C=O) groups excluding carboxylic acids is 2. The van der Waals surface area contributed by atoms with Crippen LogP contribution in [0.15, 0.2) is 53.4 Å². The molecule has 0 saturated heterocycles. The van der Waals surface area contributed by atoms with Gasteiger partial charge in [0.2, 0.25) is 15.9 Å². The first-order valence-corrected chi connectivity index (χ1v) is 12.4. The first-order valence-electron chi connectivity index (χ1n) is 10.9.